The lowest BCUT2D eigenvalue weighted by molar-refractivity contribution is 0.593. The zero-order chi connectivity index (χ0) is 13.7. The highest BCUT2D eigenvalue weighted by Crippen LogP contribution is 2.30. The van der Waals surface area contributed by atoms with Crippen molar-refractivity contribution in [3.05, 3.63) is 57.0 Å². The molecule has 0 fully saturated rings. The minimum Gasteiger partial charge on any atom is -0.306 e. The van der Waals surface area contributed by atoms with Gasteiger partial charge in [-0.1, -0.05) is 44.8 Å². The highest BCUT2D eigenvalue weighted by atomic mass is 79.9. The minimum atomic E-state index is 0.101. The summed E-state index contributed by atoms with van der Waals surface area (Å²) in [6.45, 7) is 3.10. The molecule has 1 aromatic carbocycles. The van der Waals surface area contributed by atoms with Crippen LogP contribution in [-0.2, 0) is 0 Å². The first-order valence-corrected chi connectivity index (χ1v) is 7.74. The first-order chi connectivity index (χ1) is 9.22. The molecule has 0 saturated carbocycles. The second-order valence-electron chi connectivity index (χ2n) is 4.22. The fraction of sp³-hybridized carbons (Fsp3) is 0.286. The van der Waals surface area contributed by atoms with Crippen molar-refractivity contribution >= 4 is 31.9 Å². The number of nitrogens with one attached hydrogen (secondary N) is 1. The van der Waals surface area contributed by atoms with Gasteiger partial charge >= 0.3 is 0 Å². The standard InChI is InChI=1S/C14H15Br2N3/c1-2-5-19-14(10-7-17-9-18-8-10)12-4-3-11(15)6-13(12)16/h3-4,6-9,14,19H,2,5H2,1H3. The normalized spacial score (nSPS) is 12.4. The molecule has 0 aliphatic rings. The molecule has 2 aromatic rings. The Bertz CT molecular complexity index is 531. The Hall–Kier alpha value is -0.780. The SMILES string of the molecule is CCCNC(c1cncnc1)c1ccc(Br)cc1Br. The number of hydrogen-bond donors (Lipinski definition) is 1. The van der Waals surface area contributed by atoms with E-state index in [-0.39, 0.29) is 6.04 Å². The molecule has 0 bridgehead atoms. The summed E-state index contributed by atoms with van der Waals surface area (Å²) in [4.78, 5) is 8.22. The van der Waals surface area contributed by atoms with E-state index < -0.39 is 0 Å². The highest BCUT2D eigenvalue weighted by molar-refractivity contribution is 9.11. The van der Waals surface area contributed by atoms with E-state index in [2.05, 4.69) is 66.2 Å². The lowest BCUT2D eigenvalue weighted by Crippen LogP contribution is -2.23. The van der Waals surface area contributed by atoms with E-state index in [1.807, 2.05) is 18.5 Å². The predicted octanol–water partition coefficient (Wildman–Crippen LogP) is 4.09. The van der Waals surface area contributed by atoms with Crippen LogP contribution in [0.15, 0.2) is 45.9 Å². The van der Waals surface area contributed by atoms with Gasteiger partial charge < -0.3 is 5.32 Å². The van der Waals surface area contributed by atoms with Crippen LogP contribution in [0.1, 0.15) is 30.5 Å². The molecule has 100 valence electrons. The molecule has 0 aliphatic heterocycles. The van der Waals surface area contributed by atoms with Gasteiger partial charge in [0.25, 0.3) is 0 Å². The van der Waals surface area contributed by atoms with Gasteiger partial charge in [-0.3, -0.25) is 0 Å². The van der Waals surface area contributed by atoms with E-state index in [0.29, 0.717) is 0 Å². The van der Waals surface area contributed by atoms with Crippen molar-refractivity contribution in [1.29, 1.82) is 0 Å². The van der Waals surface area contributed by atoms with Crippen LogP contribution in [0.2, 0.25) is 0 Å². The largest absolute Gasteiger partial charge is 0.306 e. The molecule has 0 aliphatic carbocycles. The summed E-state index contributed by atoms with van der Waals surface area (Å²) in [6, 6.07) is 6.31. The molecule has 1 heterocycles. The van der Waals surface area contributed by atoms with Crippen LogP contribution in [0.4, 0.5) is 0 Å². The van der Waals surface area contributed by atoms with Crippen LogP contribution in [0.5, 0.6) is 0 Å². The Morgan fingerprint density at radius 3 is 2.58 bits per heavy atom. The van der Waals surface area contributed by atoms with E-state index in [1.54, 1.807) is 6.33 Å². The molecule has 19 heavy (non-hydrogen) atoms. The summed E-state index contributed by atoms with van der Waals surface area (Å²) in [5.41, 5.74) is 2.26. The molecular formula is C14H15Br2N3. The molecule has 0 radical (unpaired) electrons. The van der Waals surface area contributed by atoms with Crippen LogP contribution in [0.3, 0.4) is 0 Å². The van der Waals surface area contributed by atoms with Gasteiger partial charge in [0.05, 0.1) is 6.04 Å². The smallest absolute Gasteiger partial charge is 0.115 e. The first kappa shape index (κ1) is 14.6. The Morgan fingerprint density at radius 2 is 1.95 bits per heavy atom. The van der Waals surface area contributed by atoms with Gasteiger partial charge in [-0.2, -0.15) is 0 Å². The average molecular weight is 385 g/mol. The molecule has 1 N–H and O–H groups in total. The molecule has 0 spiro atoms. The van der Waals surface area contributed by atoms with Crippen LogP contribution >= 0.6 is 31.9 Å². The minimum absolute atomic E-state index is 0.101. The van der Waals surface area contributed by atoms with E-state index in [1.165, 1.54) is 5.56 Å². The summed E-state index contributed by atoms with van der Waals surface area (Å²) in [5.74, 6) is 0. The number of benzene rings is 1. The predicted molar refractivity (Wildman–Crippen MR) is 84.0 cm³/mol. The van der Waals surface area contributed by atoms with Crippen LogP contribution in [0, 0.1) is 0 Å². The van der Waals surface area contributed by atoms with E-state index in [4.69, 9.17) is 0 Å². The summed E-state index contributed by atoms with van der Waals surface area (Å²) in [7, 11) is 0. The average Bonchev–Trinajstić information content (AvgIpc) is 2.42. The quantitative estimate of drug-likeness (QED) is 0.843. The molecule has 0 saturated heterocycles. The van der Waals surface area contributed by atoms with Gasteiger partial charge in [-0.05, 0) is 30.7 Å². The second-order valence-corrected chi connectivity index (χ2v) is 5.99. The van der Waals surface area contributed by atoms with Gasteiger partial charge in [0, 0.05) is 26.9 Å². The van der Waals surface area contributed by atoms with E-state index >= 15 is 0 Å². The van der Waals surface area contributed by atoms with Crippen molar-refractivity contribution < 1.29 is 0 Å². The van der Waals surface area contributed by atoms with Gasteiger partial charge in [-0.25, -0.2) is 9.97 Å². The zero-order valence-electron chi connectivity index (χ0n) is 10.6. The Kier molecular flexibility index (Phi) is 5.48. The first-order valence-electron chi connectivity index (χ1n) is 6.15. The third-order valence-corrected chi connectivity index (χ3v) is 3.97. The summed E-state index contributed by atoms with van der Waals surface area (Å²) >= 11 is 7.11. The monoisotopic (exact) mass is 383 g/mol. The zero-order valence-corrected chi connectivity index (χ0v) is 13.8. The van der Waals surface area contributed by atoms with Crippen LogP contribution in [-0.4, -0.2) is 16.5 Å². The fourth-order valence-electron chi connectivity index (χ4n) is 1.89. The number of aromatic nitrogens is 2. The molecule has 1 aromatic heterocycles. The number of hydrogen-bond acceptors (Lipinski definition) is 3. The van der Waals surface area contributed by atoms with Crippen molar-refractivity contribution in [3.63, 3.8) is 0 Å². The molecule has 5 heteroatoms. The molecule has 1 unspecified atom stereocenters. The van der Waals surface area contributed by atoms with Crippen molar-refractivity contribution in [2.45, 2.75) is 19.4 Å². The summed E-state index contributed by atoms with van der Waals surface area (Å²) in [5, 5.41) is 3.54. The molecule has 0 amide bonds. The third kappa shape index (κ3) is 3.84. The lowest BCUT2D eigenvalue weighted by atomic mass is 10.0. The van der Waals surface area contributed by atoms with Crippen LogP contribution in [0.25, 0.3) is 0 Å². The van der Waals surface area contributed by atoms with Gasteiger partial charge in [-0.15, -0.1) is 0 Å². The highest BCUT2D eigenvalue weighted by Gasteiger charge is 2.16. The second kappa shape index (κ2) is 7.12. The van der Waals surface area contributed by atoms with E-state index in [9.17, 15) is 0 Å². The molecule has 2 rings (SSSR count). The third-order valence-electron chi connectivity index (χ3n) is 2.79. The van der Waals surface area contributed by atoms with Crippen molar-refractivity contribution in [3.8, 4) is 0 Å². The molecule has 3 nitrogen and oxygen atoms in total. The summed E-state index contributed by atoms with van der Waals surface area (Å²) in [6.07, 6.45) is 6.35. The van der Waals surface area contributed by atoms with Gasteiger partial charge in [0.1, 0.15) is 6.33 Å². The van der Waals surface area contributed by atoms with Gasteiger partial charge in [0.15, 0.2) is 0 Å². The number of rotatable bonds is 5. The number of halogens is 2. The van der Waals surface area contributed by atoms with E-state index in [0.717, 1.165) is 27.5 Å². The molecule has 1 atom stereocenters. The summed E-state index contributed by atoms with van der Waals surface area (Å²) < 4.78 is 2.13. The van der Waals surface area contributed by atoms with Crippen molar-refractivity contribution in [1.82, 2.24) is 15.3 Å². The lowest BCUT2D eigenvalue weighted by Gasteiger charge is -2.20. The fourth-order valence-corrected chi connectivity index (χ4v) is 3.17. The Labute approximate surface area is 130 Å². The Morgan fingerprint density at radius 1 is 1.21 bits per heavy atom. The van der Waals surface area contributed by atoms with Crippen molar-refractivity contribution in [2.75, 3.05) is 6.54 Å². The molecular weight excluding hydrogens is 370 g/mol. The van der Waals surface area contributed by atoms with Crippen LogP contribution < -0.4 is 5.32 Å². The van der Waals surface area contributed by atoms with Gasteiger partial charge in [0.2, 0.25) is 0 Å². The maximum atomic E-state index is 4.11. The van der Waals surface area contributed by atoms with Crippen molar-refractivity contribution in [2.24, 2.45) is 0 Å². The topological polar surface area (TPSA) is 37.8 Å². The number of nitrogens with zero attached hydrogens (tertiary/aromatic N) is 2. The Balaban J connectivity index is 2.37. The maximum Gasteiger partial charge on any atom is 0.115 e. The maximum absolute atomic E-state index is 4.11.